The number of anilines is 2. The van der Waals surface area contributed by atoms with Gasteiger partial charge in [-0.3, -0.25) is 20.3 Å². The molecule has 30 heavy (non-hydrogen) atoms. The Balaban J connectivity index is 1.85. The van der Waals surface area contributed by atoms with Gasteiger partial charge in [-0.15, -0.1) is 0 Å². The number of nitro benzene ring substituents is 1. The maximum Gasteiger partial charge on any atom is 0.295 e. The molecule has 8 nitrogen and oxygen atoms in total. The first-order chi connectivity index (χ1) is 14.3. The maximum atomic E-state index is 12.6. The molecule has 0 saturated carbocycles. The van der Waals surface area contributed by atoms with Gasteiger partial charge < -0.3 is 0 Å². The number of hydrogen-bond acceptors (Lipinski definition) is 6. The first-order valence-corrected chi connectivity index (χ1v) is 11.0. The summed E-state index contributed by atoms with van der Waals surface area (Å²) in [5, 5.41) is 15.9. The standard InChI is InChI=1S/C19H14BrClN4O4S/c20-17-4-2-1-3-13(17)12-22-23-18-10-9-16(11-19(18)25(26)27)30(28,29)24-15-7-5-14(21)6-8-15/h1-12,23-24H/b22-12+. The molecule has 0 saturated heterocycles. The van der Waals surface area contributed by atoms with Crippen molar-refractivity contribution in [2.45, 2.75) is 4.90 Å². The van der Waals surface area contributed by atoms with Crippen molar-refractivity contribution < 1.29 is 13.3 Å². The summed E-state index contributed by atoms with van der Waals surface area (Å²) >= 11 is 9.16. The summed E-state index contributed by atoms with van der Waals surface area (Å²) in [6, 6.07) is 16.8. The van der Waals surface area contributed by atoms with Crippen molar-refractivity contribution in [1.29, 1.82) is 0 Å². The van der Waals surface area contributed by atoms with Crippen LogP contribution in [-0.4, -0.2) is 19.6 Å². The van der Waals surface area contributed by atoms with Gasteiger partial charge in [0.25, 0.3) is 15.7 Å². The van der Waals surface area contributed by atoms with E-state index in [4.69, 9.17) is 11.6 Å². The van der Waals surface area contributed by atoms with Gasteiger partial charge in [-0.2, -0.15) is 5.10 Å². The Morgan fingerprint density at radius 1 is 1.07 bits per heavy atom. The number of benzene rings is 3. The molecule has 0 spiro atoms. The van der Waals surface area contributed by atoms with E-state index < -0.39 is 20.6 Å². The van der Waals surface area contributed by atoms with Gasteiger partial charge in [-0.25, -0.2) is 8.42 Å². The first kappa shape index (κ1) is 21.8. The molecule has 0 unspecified atom stereocenters. The average molecular weight is 510 g/mol. The second kappa shape index (κ2) is 9.24. The van der Waals surface area contributed by atoms with Crippen LogP contribution in [0.15, 0.2) is 81.2 Å². The molecule has 154 valence electrons. The minimum atomic E-state index is -4.04. The second-order valence-corrected chi connectivity index (χ2v) is 8.91. The molecule has 3 aromatic rings. The molecule has 3 aromatic carbocycles. The van der Waals surface area contributed by atoms with Crippen LogP contribution in [0, 0.1) is 10.1 Å². The van der Waals surface area contributed by atoms with E-state index in [2.05, 4.69) is 31.2 Å². The van der Waals surface area contributed by atoms with Crippen molar-refractivity contribution >= 4 is 60.8 Å². The summed E-state index contributed by atoms with van der Waals surface area (Å²) in [7, 11) is -4.04. The van der Waals surface area contributed by atoms with Crippen LogP contribution in [-0.2, 0) is 10.0 Å². The highest BCUT2D eigenvalue weighted by Crippen LogP contribution is 2.29. The highest BCUT2D eigenvalue weighted by Gasteiger charge is 2.21. The van der Waals surface area contributed by atoms with Crippen molar-refractivity contribution in [3.8, 4) is 0 Å². The molecule has 0 fully saturated rings. The first-order valence-electron chi connectivity index (χ1n) is 8.37. The third-order valence-corrected chi connectivity index (χ3v) is 6.22. The molecule has 0 amide bonds. The van der Waals surface area contributed by atoms with Crippen LogP contribution in [0.2, 0.25) is 5.02 Å². The lowest BCUT2D eigenvalue weighted by Crippen LogP contribution is -2.13. The van der Waals surface area contributed by atoms with Crippen LogP contribution in [0.3, 0.4) is 0 Å². The fraction of sp³-hybridized carbons (Fsp3) is 0. The summed E-state index contributed by atoms with van der Waals surface area (Å²) in [5.41, 5.74) is 3.24. The number of nitrogens with one attached hydrogen (secondary N) is 2. The largest absolute Gasteiger partial charge is 0.295 e. The van der Waals surface area contributed by atoms with Crippen LogP contribution in [0.1, 0.15) is 5.56 Å². The predicted octanol–water partition coefficient (Wildman–Crippen LogP) is 5.26. The smallest absolute Gasteiger partial charge is 0.280 e. The molecular formula is C19H14BrClN4O4S. The van der Waals surface area contributed by atoms with Gasteiger partial charge >= 0.3 is 0 Å². The van der Waals surface area contributed by atoms with Crippen molar-refractivity contribution in [3.63, 3.8) is 0 Å². The van der Waals surface area contributed by atoms with Gasteiger partial charge in [0, 0.05) is 26.8 Å². The normalized spacial score (nSPS) is 11.4. The van der Waals surface area contributed by atoms with Gasteiger partial charge in [0.2, 0.25) is 0 Å². The maximum absolute atomic E-state index is 12.6. The zero-order valence-corrected chi connectivity index (χ0v) is 18.3. The lowest BCUT2D eigenvalue weighted by Gasteiger charge is -2.09. The Morgan fingerprint density at radius 2 is 1.77 bits per heavy atom. The minimum Gasteiger partial charge on any atom is -0.280 e. The summed E-state index contributed by atoms with van der Waals surface area (Å²) in [5.74, 6) is 0. The van der Waals surface area contributed by atoms with Gasteiger partial charge in [-0.1, -0.05) is 45.7 Å². The van der Waals surface area contributed by atoms with Crippen LogP contribution in [0.4, 0.5) is 17.1 Å². The Morgan fingerprint density at radius 3 is 2.43 bits per heavy atom. The molecule has 0 radical (unpaired) electrons. The van der Waals surface area contributed by atoms with Crippen LogP contribution in [0.25, 0.3) is 0 Å². The summed E-state index contributed by atoms with van der Waals surface area (Å²) in [6.45, 7) is 0. The van der Waals surface area contributed by atoms with Crippen molar-refractivity contribution in [1.82, 2.24) is 0 Å². The Bertz CT molecular complexity index is 1220. The minimum absolute atomic E-state index is 0.0498. The van der Waals surface area contributed by atoms with E-state index in [9.17, 15) is 18.5 Å². The summed E-state index contributed by atoms with van der Waals surface area (Å²) < 4.78 is 28.3. The van der Waals surface area contributed by atoms with Crippen LogP contribution < -0.4 is 10.1 Å². The Labute approximate surface area is 185 Å². The molecule has 11 heteroatoms. The Kier molecular flexibility index (Phi) is 6.70. The third-order valence-electron chi connectivity index (χ3n) is 3.87. The van der Waals surface area contributed by atoms with E-state index in [0.717, 1.165) is 16.1 Å². The summed E-state index contributed by atoms with van der Waals surface area (Å²) in [6.07, 6.45) is 1.49. The fourth-order valence-corrected chi connectivity index (χ4v) is 4.00. The lowest BCUT2D eigenvalue weighted by molar-refractivity contribution is -0.384. The predicted molar refractivity (Wildman–Crippen MR) is 121 cm³/mol. The molecule has 0 aliphatic carbocycles. The average Bonchev–Trinajstić information content (AvgIpc) is 2.71. The molecular weight excluding hydrogens is 496 g/mol. The van der Waals surface area contributed by atoms with Gasteiger partial charge in [0.15, 0.2) is 0 Å². The fourth-order valence-electron chi connectivity index (χ4n) is 2.41. The molecule has 3 rings (SSSR count). The van der Waals surface area contributed by atoms with E-state index in [1.807, 2.05) is 24.3 Å². The van der Waals surface area contributed by atoms with Crippen molar-refractivity contribution in [3.05, 3.63) is 91.9 Å². The molecule has 0 bridgehead atoms. The highest BCUT2D eigenvalue weighted by molar-refractivity contribution is 9.10. The second-order valence-electron chi connectivity index (χ2n) is 5.94. The Hall–Kier alpha value is -2.95. The van der Waals surface area contributed by atoms with Gasteiger partial charge in [0.05, 0.1) is 16.0 Å². The van der Waals surface area contributed by atoms with E-state index in [0.29, 0.717) is 5.02 Å². The number of hydrogen-bond donors (Lipinski definition) is 2. The number of nitrogens with zero attached hydrogens (tertiary/aromatic N) is 2. The van der Waals surface area contributed by atoms with E-state index in [1.165, 1.54) is 42.6 Å². The van der Waals surface area contributed by atoms with E-state index >= 15 is 0 Å². The molecule has 2 N–H and O–H groups in total. The van der Waals surface area contributed by atoms with Crippen LogP contribution >= 0.6 is 27.5 Å². The van der Waals surface area contributed by atoms with E-state index in [-0.39, 0.29) is 16.3 Å². The highest BCUT2D eigenvalue weighted by atomic mass is 79.9. The quantitative estimate of drug-likeness (QED) is 0.256. The van der Waals surface area contributed by atoms with Crippen molar-refractivity contribution in [2.75, 3.05) is 10.1 Å². The molecule has 0 aliphatic heterocycles. The molecule has 0 atom stereocenters. The lowest BCUT2D eigenvalue weighted by atomic mass is 10.2. The summed E-state index contributed by atoms with van der Waals surface area (Å²) in [4.78, 5) is 10.5. The number of hydrazone groups is 1. The van der Waals surface area contributed by atoms with Gasteiger partial charge in [-0.05, 0) is 42.5 Å². The van der Waals surface area contributed by atoms with Crippen LogP contribution in [0.5, 0.6) is 0 Å². The molecule has 0 aliphatic rings. The zero-order valence-electron chi connectivity index (χ0n) is 15.1. The third kappa shape index (κ3) is 5.35. The molecule has 0 heterocycles. The van der Waals surface area contributed by atoms with Gasteiger partial charge in [0.1, 0.15) is 5.69 Å². The number of sulfonamides is 1. The molecule has 0 aromatic heterocycles. The zero-order chi connectivity index (χ0) is 21.7. The number of nitro groups is 1. The van der Waals surface area contributed by atoms with E-state index in [1.54, 1.807) is 0 Å². The topological polar surface area (TPSA) is 114 Å². The number of rotatable bonds is 7. The SMILES string of the molecule is O=[N+]([O-])c1cc(S(=O)(=O)Nc2ccc(Cl)cc2)ccc1N/N=C/c1ccccc1Br. The number of halogens is 2. The monoisotopic (exact) mass is 508 g/mol. The van der Waals surface area contributed by atoms with Crippen molar-refractivity contribution in [2.24, 2.45) is 5.10 Å².